The molecule has 0 bridgehead atoms. The summed E-state index contributed by atoms with van der Waals surface area (Å²) in [5.41, 5.74) is -1.10. The van der Waals surface area contributed by atoms with Crippen LogP contribution >= 0.6 is 11.6 Å². The SMILES string of the molecule is Cn1c(-c2cn(-c3ncccn3)nc2C(F)(F)F)cnc1C(=O)Nc1ccc(C(=O)N2CCN(C(=O)C[N+]3(C)CC[C@@H](O)C3)CC2)c(Cl)c1. The van der Waals surface area contributed by atoms with Crippen molar-refractivity contribution in [3.63, 3.8) is 0 Å². The van der Waals surface area contributed by atoms with Gasteiger partial charge in [0.05, 0.1) is 41.6 Å². The number of rotatable bonds is 7. The van der Waals surface area contributed by atoms with Crippen LogP contribution in [-0.4, -0.2) is 125 Å². The van der Waals surface area contributed by atoms with Gasteiger partial charge >= 0.3 is 6.18 Å². The smallest absolute Gasteiger partial charge is 0.387 e. The number of amides is 3. The van der Waals surface area contributed by atoms with Gasteiger partial charge in [-0.3, -0.25) is 14.4 Å². The van der Waals surface area contributed by atoms with Crippen LogP contribution in [0.15, 0.2) is 49.1 Å². The molecule has 1 aromatic carbocycles. The second-order valence-corrected chi connectivity index (χ2v) is 12.8. The lowest BCUT2D eigenvalue weighted by Gasteiger charge is -2.37. The molecule has 3 aromatic heterocycles. The first-order valence-corrected chi connectivity index (χ1v) is 15.8. The van der Waals surface area contributed by atoms with Crippen molar-refractivity contribution in [1.82, 2.24) is 39.1 Å². The molecule has 14 nitrogen and oxygen atoms in total. The number of imidazole rings is 1. The fourth-order valence-electron chi connectivity index (χ4n) is 6.16. The van der Waals surface area contributed by atoms with Crippen LogP contribution in [0, 0.1) is 0 Å². The van der Waals surface area contributed by atoms with E-state index >= 15 is 0 Å². The number of aromatic nitrogens is 6. The minimum atomic E-state index is -4.82. The zero-order valence-electron chi connectivity index (χ0n) is 26.6. The van der Waals surface area contributed by atoms with Crippen LogP contribution in [0.3, 0.4) is 0 Å². The number of carbonyl (C=O) groups is 3. The van der Waals surface area contributed by atoms with Crippen LogP contribution in [0.2, 0.25) is 5.02 Å². The van der Waals surface area contributed by atoms with Gasteiger partial charge < -0.3 is 29.3 Å². The zero-order chi connectivity index (χ0) is 35.1. The number of nitrogens with one attached hydrogen (secondary N) is 1. The summed E-state index contributed by atoms with van der Waals surface area (Å²) in [4.78, 5) is 54.7. The predicted molar refractivity (Wildman–Crippen MR) is 170 cm³/mol. The Kier molecular flexibility index (Phi) is 9.17. The van der Waals surface area contributed by atoms with Gasteiger partial charge in [-0.1, -0.05) is 11.6 Å². The van der Waals surface area contributed by atoms with Gasteiger partial charge in [0.15, 0.2) is 18.1 Å². The maximum absolute atomic E-state index is 13.9. The Morgan fingerprint density at radius 1 is 1.08 bits per heavy atom. The van der Waals surface area contributed by atoms with Crippen molar-refractivity contribution in [2.24, 2.45) is 7.05 Å². The molecule has 0 spiro atoms. The molecule has 258 valence electrons. The van der Waals surface area contributed by atoms with Crippen LogP contribution in [0.25, 0.3) is 17.2 Å². The van der Waals surface area contributed by atoms with E-state index in [2.05, 4.69) is 25.4 Å². The Morgan fingerprint density at radius 2 is 1.78 bits per heavy atom. The number of halogens is 4. The molecule has 5 heterocycles. The molecular formula is C31H33ClF3N10O4+. The van der Waals surface area contributed by atoms with Crippen molar-refractivity contribution < 1.29 is 37.1 Å². The minimum Gasteiger partial charge on any atom is -0.387 e. The Balaban J connectivity index is 1.11. The predicted octanol–water partition coefficient (Wildman–Crippen LogP) is 2.48. The Morgan fingerprint density at radius 3 is 2.41 bits per heavy atom. The molecule has 0 aliphatic carbocycles. The van der Waals surface area contributed by atoms with Crippen molar-refractivity contribution >= 4 is 35.0 Å². The van der Waals surface area contributed by atoms with Gasteiger partial charge in [0, 0.05) is 63.9 Å². The third-order valence-corrected chi connectivity index (χ3v) is 9.07. The molecule has 1 unspecified atom stereocenters. The number of likely N-dealkylation sites (N-methyl/N-ethyl adjacent to an activating group) is 1. The number of aliphatic hydroxyl groups is 1. The average Bonchev–Trinajstić information content (AvgIpc) is 3.77. The molecule has 2 N–H and O–H groups in total. The van der Waals surface area contributed by atoms with E-state index in [0.717, 1.165) is 23.6 Å². The van der Waals surface area contributed by atoms with Gasteiger partial charge in [0.2, 0.25) is 5.95 Å². The molecule has 2 fully saturated rings. The molecule has 4 aromatic rings. The molecule has 2 atom stereocenters. The lowest BCUT2D eigenvalue weighted by molar-refractivity contribution is -0.891. The number of anilines is 1. The van der Waals surface area contributed by atoms with E-state index in [9.17, 15) is 32.7 Å². The quantitative estimate of drug-likeness (QED) is 0.279. The molecule has 2 saturated heterocycles. The number of nitrogens with zero attached hydrogens (tertiary/aromatic N) is 9. The summed E-state index contributed by atoms with van der Waals surface area (Å²) < 4.78 is 44.4. The van der Waals surface area contributed by atoms with Crippen LogP contribution in [0.1, 0.15) is 33.1 Å². The molecular weight excluding hydrogens is 669 g/mol. The highest BCUT2D eigenvalue weighted by Crippen LogP contribution is 2.36. The number of likely N-dealkylation sites (tertiary alicyclic amines) is 1. The first-order valence-electron chi connectivity index (χ1n) is 15.4. The van der Waals surface area contributed by atoms with E-state index in [1.54, 1.807) is 9.80 Å². The molecule has 0 saturated carbocycles. The number of aliphatic hydroxyl groups excluding tert-OH is 1. The van der Waals surface area contributed by atoms with Gasteiger partial charge in [-0.05, 0) is 24.3 Å². The van der Waals surface area contributed by atoms with Gasteiger partial charge in [-0.2, -0.15) is 18.3 Å². The van der Waals surface area contributed by atoms with Gasteiger partial charge in [0.1, 0.15) is 12.6 Å². The topological polar surface area (TPSA) is 151 Å². The monoisotopic (exact) mass is 701 g/mol. The summed E-state index contributed by atoms with van der Waals surface area (Å²) in [6, 6.07) is 5.88. The van der Waals surface area contributed by atoms with E-state index in [4.69, 9.17) is 11.6 Å². The van der Waals surface area contributed by atoms with E-state index in [0.29, 0.717) is 50.2 Å². The minimum absolute atomic E-state index is 0.0145. The second kappa shape index (κ2) is 13.2. The zero-order valence-corrected chi connectivity index (χ0v) is 27.3. The summed E-state index contributed by atoms with van der Waals surface area (Å²) in [6.07, 6.45) is 0.451. The summed E-state index contributed by atoms with van der Waals surface area (Å²) >= 11 is 6.47. The number of hydrogen-bond donors (Lipinski definition) is 2. The maximum atomic E-state index is 13.9. The summed E-state index contributed by atoms with van der Waals surface area (Å²) in [7, 11) is 3.36. The number of quaternary nitrogens is 1. The van der Waals surface area contributed by atoms with Gasteiger partial charge in [-0.15, -0.1) is 0 Å². The van der Waals surface area contributed by atoms with Gasteiger partial charge in [-0.25, -0.2) is 19.6 Å². The van der Waals surface area contributed by atoms with Crippen LogP contribution in [0.5, 0.6) is 0 Å². The fraction of sp³-hybridized carbons (Fsp3) is 0.387. The number of alkyl halides is 3. The normalized spacial score (nSPS) is 19.7. The second-order valence-electron chi connectivity index (χ2n) is 12.4. The highest BCUT2D eigenvalue weighted by Gasteiger charge is 2.40. The van der Waals surface area contributed by atoms with E-state index in [1.165, 1.54) is 48.3 Å². The standard InChI is InChI=1S/C31H32ClF3N10O4/c1-41-24(22-16-44(30-36-7-3-8-37-30)40-26(22)31(33,34)35)15-38-27(41)28(48)39-19-4-5-21(23(32)14-19)29(49)43-11-9-42(10-12-43)25(47)18-45(2)13-6-20(46)17-45/h3-5,7-8,14-16,20,46H,6,9-13,17-18H2,1-2H3/p+1/t20-,45?/m1/s1. The van der Waals surface area contributed by atoms with Crippen LogP contribution in [0.4, 0.5) is 18.9 Å². The number of hydrogen-bond acceptors (Lipinski definition) is 8. The molecule has 2 aliphatic heterocycles. The molecule has 6 rings (SSSR count). The Bertz CT molecular complexity index is 1890. The van der Waals surface area contributed by atoms with Crippen molar-refractivity contribution in [3.8, 4) is 17.2 Å². The third kappa shape index (κ3) is 7.13. The number of piperazine rings is 1. The molecule has 0 radical (unpaired) electrons. The molecule has 2 aliphatic rings. The van der Waals surface area contributed by atoms with Crippen molar-refractivity contribution in [3.05, 3.63) is 71.2 Å². The highest BCUT2D eigenvalue weighted by atomic mass is 35.5. The first-order chi connectivity index (χ1) is 23.2. The summed E-state index contributed by atoms with van der Waals surface area (Å²) in [5.74, 6) is -1.32. The molecule has 3 amide bonds. The number of benzene rings is 1. The fourth-order valence-corrected chi connectivity index (χ4v) is 6.42. The van der Waals surface area contributed by atoms with Crippen molar-refractivity contribution in [2.75, 3.05) is 58.2 Å². The van der Waals surface area contributed by atoms with E-state index in [1.807, 2.05) is 7.05 Å². The van der Waals surface area contributed by atoms with Crippen LogP contribution in [-0.2, 0) is 18.0 Å². The van der Waals surface area contributed by atoms with Crippen molar-refractivity contribution in [1.29, 1.82) is 0 Å². The lowest BCUT2D eigenvalue weighted by Crippen LogP contribution is -2.55. The van der Waals surface area contributed by atoms with E-state index < -0.39 is 23.9 Å². The summed E-state index contributed by atoms with van der Waals surface area (Å²) in [5, 5.41) is 16.2. The Hall–Kier alpha value is -4.87. The largest absolute Gasteiger partial charge is 0.435 e. The number of carbonyl (C=O) groups excluding carboxylic acids is 3. The lowest BCUT2D eigenvalue weighted by atomic mass is 10.1. The summed E-state index contributed by atoms with van der Waals surface area (Å²) in [6.45, 7) is 2.96. The highest BCUT2D eigenvalue weighted by molar-refractivity contribution is 6.34. The van der Waals surface area contributed by atoms with Gasteiger partial charge in [0.25, 0.3) is 17.7 Å². The molecule has 18 heteroatoms. The van der Waals surface area contributed by atoms with Crippen molar-refractivity contribution in [2.45, 2.75) is 18.7 Å². The average molecular weight is 702 g/mol. The molecule has 49 heavy (non-hydrogen) atoms. The Labute approximate surface area is 283 Å². The maximum Gasteiger partial charge on any atom is 0.435 e. The van der Waals surface area contributed by atoms with E-state index in [-0.39, 0.29) is 51.1 Å². The third-order valence-electron chi connectivity index (χ3n) is 8.75. The van der Waals surface area contributed by atoms with Crippen LogP contribution < -0.4 is 5.32 Å². The first kappa shape index (κ1) is 34.0.